The Kier molecular flexibility index (Phi) is 4.63. The highest BCUT2D eigenvalue weighted by Gasteiger charge is 2.18. The molecule has 0 aliphatic heterocycles. The van der Waals surface area contributed by atoms with Crippen molar-refractivity contribution in [3.63, 3.8) is 0 Å². The number of ketones is 1. The average molecular weight is 256 g/mol. The van der Waals surface area contributed by atoms with Gasteiger partial charge in [-0.15, -0.1) is 0 Å². The van der Waals surface area contributed by atoms with E-state index < -0.39 is 19.5 Å². The SMILES string of the molecule is Cc1cc(C)cc(CCC(=O)CP(=O)(O)O)c1. The molecule has 1 aromatic carbocycles. The summed E-state index contributed by atoms with van der Waals surface area (Å²) in [5, 5.41) is 0. The molecule has 2 N–H and O–H groups in total. The minimum Gasteiger partial charge on any atom is -0.324 e. The van der Waals surface area contributed by atoms with Crippen LogP contribution in [0.3, 0.4) is 0 Å². The predicted molar refractivity (Wildman–Crippen MR) is 66.2 cm³/mol. The van der Waals surface area contributed by atoms with Crippen molar-refractivity contribution in [1.82, 2.24) is 0 Å². The number of rotatable bonds is 5. The molecule has 0 fully saturated rings. The van der Waals surface area contributed by atoms with Gasteiger partial charge in [0.25, 0.3) is 0 Å². The Hall–Kier alpha value is -0.960. The highest BCUT2D eigenvalue weighted by atomic mass is 31.2. The molecule has 0 amide bonds. The zero-order chi connectivity index (χ0) is 13.1. The Balaban J connectivity index is 2.56. The van der Waals surface area contributed by atoms with E-state index >= 15 is 0 Å². The Morgan fingerprint density at radius 1 is 1.18 bits per heavy atom. The second-order valence-corrected chi connectivity index (χ2v) is 6.00. The van der Waals surface area contributed by atoms with E-state index in [1.807, 2.05) is 32.0 Å². The van der Waals surface area contributed by atoms with Gasteiger partial charge in [-0.1, -0.05) is 29.3 Å². The zero-order valence-electron chi connectivity index (χ0n) is 10.0. The molecule has 0 aliphatic rings. The van der Waals surface area contributed by atoms with Gasteiger partial charge in [-0.05, 0) is 25.8 Å². The molecule has 5 heteroatoms. The lowest BCUT2D eigenvalue weighted by Gasteiger charge is -2.05. The first-order valence-electron chi connectivity index (χ1n) is 5.40. The van der Waals surface area contributed by atoms with Crippen molar-refractivity contribution in [2.45, 2.75) is 26.7 Å². The summed E-state index contributed by atoms with van der Waals surface area (Å²) in [7, 11) is -4.21. The van der Waals surface area contributed by atoms with Crippen molar-refractivity contribution >= 4 is 13.4 Å². The maximum atomic E-state index is 11.3. The second kappa shape index (κ2) is 5.58. The van der Waals surface area contributed by atoms with Gasteiger partial charge < -0.3 is 9.79 Å². The van der Waals surface area contributed by atoms with Gasteiger partial charge >= 0.3 is 7.60 Å². The molecule has 0 unspecified atom stereocenters. The van der Waals surface area contributed by atoms with E-state index in [1.54, 1.807) is 0 Å². The molecule has 1 aromatic rings. The zero-order valence-corrected chi connectivity index (χ0v) is 10.9. The fourth-order valence-corrected chi connectivity index (χ4v) is 2.42. The summed E-state index contributed by atoms with van der Waals surface area (Å²) in [4.78, 5) is 28.6. The fourth-order valence-electron chi connectivity index (χ4n) is 1.81. The van der Waals surface area contributed by atoms with Crippen LogP contribution in [-0.4, -0.2) is 21.7 Å². The number of Topliss-reactive ketones (excluding diaryl/α,β-unsaturated/α-hetero) is 1. The molecule has 0 aromatic heterocycles. The normalized spacial score (nSPS) is 11.5. The number of carbonyl (C=O) groups is 1. The fraction of sp³-hybridized carbons (Fsp3) is 0.417. The highest BCUT2D eigenvalue weighted by Crippen LogP contribution is 2.34. The van der Waals surface area contributed by atoms with Crippen LogP contribution in [0.4, 0.5) is 0 Å². The number of aryl methyl sites for hydroxylation is 3. The van der Waals surface area contributed by atoms with Crippen molar-refractivity contribution in [1.29, 1.82) is 0 Å². The van der Waals surface area contributed by atoms with Crippen LogP contribution in [0.25, 0.3) is 0 Å². The monoisotopic (exact) mass is 256 g/mol. The minimum absolute atomic E-state index is 0.175. The minimum atomic E-state index is -4.21. The number of carbonyl (C=O) groups excluding carboxylic acids is 1. The van der Waals surface area contributed by atoms with Crippen LogP contribution in [0.1, 0.15) is 23.1 Å². The van der Waals surface area contributed by atoms with Gasteiger partial charge in [0.1, 0.15) is 11.9 Å². The smallest absolute Gasteiger partial charge is 0.324 e. The van der Waals surface area contributed by atoms with Crippen LogP contribution in [0.15, 0.2) is 18.2 Å². The predicted octanol–water partition coefficient (Wildman–Crippen LogP) is 1.98. The van der Waals surface area contributed by atoms with Gasteiger partial charge in [0.05, 0.1) is 0 Å². The summed E-state index contributed by atoms with van der Waals surface area (Å²) in [5.74, 6) is -0.391. The van der Waals surface area contributed by atoms with E-state index in [9.17, 15) is 9.36 Å². The molecule has 0 bridgehead atoms. The molecular formula is C12H17O4P. The van der Waals surface area contributed by atoms with Crippen molar-refractivity contribution in [3.05, 3.63) is 34.9 Å². The highest BCUT2D eigenvalue weighted by molar-refractivity contribution is 7.52. The van der Waals surface area contributed by atoms with E-state index in [2.05, 4.69) is 0 Å². The van der Waals surface area contributed by atoms with Crippen LogP contribution in [0, 0.1) is 13.8 Å². The summed E-state index contributed by atoms with van der Waals surface area (Å²) in [5.41, 5.74) is 3.28. The van der Waals surface area contributed by atoms with Gasteiger partial charge in [0.2, 0.25) is 0 Å². The number of benzene rings is 1. The standard InChI is InChI=1S/C12H17O4P/c1-9-5-10(2)7-11(6-9)3-4-12(13)8-17(14,15)16/h5-7H,3-4,8H2,1-2H3,(H2,14,15,16). The van der Waals surface area contributed by atoms with Crippen LogP contribution < -0.4 is 0 Å². The van der Waals surface area contributed by atoms with Crippen LogP contribution in [0.5, 0.6) is 0 Å². The van der Waals surface area contributed by atoms with Gasteiger partial charge in [0, 0.05) is 6.42 Å². The lowest BCUT2D eigenvalue weighted by Crippen LogP contribution is -2.06. The lowest BCUT2D eigenvalue weighted by molar-refractivity contribution is -0.116. The maximum absolute atomic E-state index is 11.3. The number of hydrogen-bond donors (Lipinski definition) is 2. The van der Waals surface area contributed by atoms with Gasteiger partial charge in [-0.3, -0.25) is 9.36 Å². The largest absolute Gasteiger partial charge is 0.332 e. The molecule has 17 heavy (non-hydrogen) atoms. The van der Waals surface area contributed by atoms with Crippen molar-refractivity contribution < 1.29 is 19.1 Å². The van der Waals surface area contributed by atoms with E-state index in [0.717, 1.165) is 16.7 Å². The van der Waals surface area contributed by atoms with Gasteiger partial charge in [0.15, 0.2) is 0 Å². The summed E-state index contributed by atoms with van der Waals surface area (Å²) < 4.78 is 10.6. The van der Waals surface area contributed by atoms with Crippen LogP contribution >= 0.6 is 7.60 Å². The van der Waals surface area contributed by atoms with E-state index in [0.29, 0.717) is 6.42 Å². The third-order valence-corrected chi connectivity index (χ3v) is 3.12. The molecule has 0 saturated heterocycles. The van der Waals surface area contributed by atoms with E-state index in [-0.39, 0.29) is 6.42 Å². The molecule has 0 saturated carbocycles. The molecular weight excluding hydrogens is 239 g/mol. The molecule has 0 heterocycles. The molecule has 0 atom stereocenters. The Morgan fingerprint density at radius 2 is 1.71 bits per heavy atom. The molecule has 0 aliphatic carbocycles. The third kappa shape index (κ3) is 5.78. The Bertz CT molecular complexity index is 441. The quantitative estimate of drug-likeness (QED) is 0.790. The second-order valence-electron chi connectivity index (χ2n) is 4.36. The summed E-state index contributed by atoms with van der Waals surface area (Å²) in [6.07, 6.45) is 0.0488. The summed E-state index contributed by atoms with van der Waals surface area (Å²) in [6.45, 7) is 3.96. The molecule has 0 spiro atoms. The molecule has 0 radical (unpaired) electrons. The molecule has 1 rings (SSSR count). The van der Waals surface area contributed by atoms with Gasteiger partial charge in [-0.25, -0.2) is 0 Å². The first-order chi connectivity index (χ1) is 7.76. The van der Waals surface area contributed by atoms with Crippen LogP contribution in [-0.2, 0) is 15.8 Å². The van der Waals surface area contributed by atoms with E-state index in [4.69, 9.17) is 9.79 Å². The summed E-state index contributed by atoms with van der Waals surface area (Å²) in [6, 6.07) is 6.01. The van der Waals surface area contributed by atoms with E-state index in [1.165, 1.54) is 0 Å². The average Bonchev–Trinajstić information content (AvgIpc) is 2.10. The third-order valence-electron chi connectivity index (χ3n) is 2.36. The molecule has 94 valence electrons. The maximum Gasteiger partial charge on any atom is 0.332 e. The summed E-state index contributed by atoms with van der Waals surface area (Å²) >= 11 is 0. The first kappa shape index (κ1) is 14.1. The van der Waals surface area contributed by atoms with Crippen molar-refractivity contribution in [3.8, 4) is 0 Å². The molecule has 4 nitrogen and oxygen atoms in total. The lowest BCUT2D eigenvalue weighted by atomic mass is 10.0. The first-order valence-corrected chi connectivity index (χ1v) is 7.19. The Morgan fingerprint density at radius 3 is 2.18 bits per heavy atom. The number of hydrogen-bond acceptors (Lipinski definition) is 2. The van der Waals surface area contributed by atoms with Gasteiger partial charge in [-0.2, -0.15) is 0 Å². The Labute approximate surface area is 101 Å². The van der Waals surface area contributed by atoms with Crippen LogP contribution in [0.2, 0.25) is 0 Å². The van der Waals surface area contributed by atoms with Crippen molar-refractivity contribution in [2.75, 3.05) is 6.16 Å². The van der Waals surface area contributed by atoms with Crippen molar-refractivity contribution in [2.24, 2.45) is 0 Å². The topological polar surface area (TPSA) is 74.6 Å².